The number of carbonyl (C=O) groups excluding carboxylic acids is 2. The minimum Gasteiger partial charge on any atom is -0.497 e. The average Bonchev–Trinajstić information content (AvgIpc) is 3.40. The monoisotopic (exact) mass is 685 g/mol. The smallest absolute Gasteiger partial charge is 0.411 e. The van der Waals surface area contributed by atoms with Crippen molar-refractivity contribution < 1.29 is 38.0 Å². The third-order valence-electron chi connectivity index (χ3n) is 10.4. The number of amides is 1. The van der Waals surface area contributed by atoms with Gasteiger partial charge in [0, 0.05) is 29.0 Å². The van der Waals surface area contributed by atoms with Crippen LogP contribution < -0.4 is 9.47 Å². The van der Waals surface area contributed by atoms with Crippen molar-refractivity contribution in [3.63, 3.8) is 0 Å². The Bertz CT molecular complexity index is 1340. The normalized spacial score (nSPS) is 27.2. The van der Waals surface area contributed by atoms with Gasteiger partial charge in [-0.1, -0.05) is 53.7 Å². The summed E-state index contributed by atoms with van der Waals surface area (Å²) in [6.07, 6.45) is 2.01. The molecule has 49 heavy (non-hydrogen) atoms. The van der Waals surface area contributed by atoms with E-state index in [1.165, 1.54) is 0 Å². The van der Waals surface area contributed by atoms with Crippen LogP contribution in [0.5, 0.6) is 11.5 Å². The molecule has 8 atom stereocenters. The fraction of sp³-hybridized carbons (Fsp3) is 0.700. The summed E-state index contributed by atoms with van der Waals surface area (Å²) >= 11 is 0. The largest absolute Gasteiger partial charge is 0.497 e. The van der Waals surface area contributed by atoms with E-state index in [2.05, 4.69) is 55.0 Å². The number of hydrogen-bond acceptors (Lipinski definition) is 8. The predicted octanol–water partition coefficient (Wildman–Crippen LogP) is 9.05. The second kappa shape index (κ2) is 16.3. The molecule has 3 rings (SSSR count). The number of hydrogen-bond donors (Lipinski definition) is 0. The molecule has 0 radical (unpaired) electrons. The minimum atomic E-state index is -0.719. The molecule has 0 saturated carbocycles. The van der Waals surface area contributed by atoms with E-state index in [-0.39, 0.29) is 35.4 Å². The molecular weight excluding hydrogens is 622 g/mol. The second-order valence-corrected chi connectivity index (χ2v) is 15.8. The van der Waals surface area contributed by atoms with E-state index in [9.17, 15) is 9.59 Å². The Morgan fingerprint density at radius 3 is 2.24 bits per heavy atom. The molecule has 0 bridgehead atoms. The quantitative estimate of drug-likeness (QED) is 0.159. The summed E-state index contributed by atoms with van der Waals surface area (Å²) in [5, 5.41) is 0. The van der Waals surface area contributed by atoms with Crippen LogP contribution in [0.2, 0.25) is 0 Å². The van der Waals surface area contributed by atoms with Crippen LogP contribution in [-0.2, 0) is 23.7 Å². The zero-order valence-electron chi connectivity index (χ0n) is 32.5. The Balaban J connectivity index is 1.97. The average molecular weight is 686 g/mol. The van der Waals surface area contributed by atoms with Gasteiger partial charge in [-0.2, -0.15) is 0 Å². The number of ether oxygens (including phenoxy) is 6. The summed E-state index contributed by atoms with van der Waals surface area (Å²) in [6, 6.07) is 4.64. The number of likely N-dealkylation sites (tertiary alicyclic amines) is 1. The maximum absolute atomic E-state index is 14.3. The highest BCUT2D eigenvalue weighted by atomic mass is 16.7. The lowest BCUT2D eigenvalue weighted by molar-refractivity contribution is -0.283. The van der Waals surface area contributed by atoms with Crippen molar-refractivity contribution in [3.05, 3.63) is 47.6 Å². The van der Waals surface area contributed by atoms with Gasteiger partial charge in [0.25, 0.3) is 0 Å². The molecule has 1 aromatic rings. The van der Waals surface area contributed by atoms with Crippen LogP contribution in [0.1, 0.15) is 114 Å². The van der Waals surface area contributed by atoms with Crippen molar-refractivity contribution in [3.8, 4) is 11.5 Å². The first-order valence-electron chi connectivity index (χ1n) is 17.8. The maximum Gasteiger partial charge on any atom is 0.411 e. The molecular formula is C40H63NO8. The molecule has 9 heteroatoms. The lowest BCUT2D eigenvalue weighted by atomic mass is 9.71. The lowest BCUT2D eigenvalue weighted by Crippen LogP contribution is -2.54. The van der Waals surface area contributed by atoms with Gasteiger partial charge in [-0.25, -0.2) is 4.79 Å². The number of methoxy groups -OCH3 is 2. The van der Waals surface area contributed by atoms with Gasteiger partial charge in [0.15, 0.2) is 6.29 Å². The molecule has 276 valence electrons. The van der Waals surface area contributed by atoms with Gasteiger partial charge in [-0.15, -0.1) is 0 Å². The standard InChI is InChI=1S/C40H63NO8/c1-16-34-40(12,13)36(48-35(17-2)47-34)26(7)24(5)25(6)27(8)46-37(42)30-22-32(29-19-18-28(44-14)21-33(29)45-15)41(31(30)20-23(3)4)38(43)49-39(9,10)11/h17-19,21,23,26-27,30-32,34-36H,2,16,20,22H2,1,3-15H3/b25-24+/t26-,27-,30+,31?,32?,34-,35?,36-/m0/s1. The fourth-order valence-corrected chi connectivity index (χ4v) is 7.52. The van der Waals surface area contributed by atoms with Crippen molar-refractivity contribution in [2.45, 2.75) is 145 Å². The Kier molecular flexibility index (Phi) is 13.5. The van der Waals surface area contributed by atoms with Crippen molar-refractivity contribution in [2.75, 3.05) is 14.2 Å². The molecule has 2 aliphatic rings. The molecule has 2 saturated heterocycles. The summed E-state index contributed by atoms with van der Waals surface area (Å²) < 4.78 is 36.0. The molecule has 0 spiro atoms. The van der Waals surface area contributed by atoms with Gasteiger partial charge in [0.05, 0.1) is 38.4 Å². The molecule has 2 heterocycles. The van der Waals surface area contributed by atoms with Gasteiger partial charge < -0.3 is 28.4 Å². The van der Waals surface area contributed by atoms with Crippen LogP contribution in [0.25, 0.3) is 0 Å². The van der Waals surface area contributed by atoms with Crippen LogP contribution in [0.3, 0.4) is 0 Å². The predicted molar refractivity (Wildman–Crippen MR) is 193 cm³/mol. The van der Waals surface area contributed by atoms with Crippen molar-refractivity contribution >= 4 is 12.1 Å². The number of benzene rings is 1. The third-order valence-corrected chi connectivity index (χ3v) is 10.4. The van der Waals surface area contributed by atoms with E-state index in [0.717, 1.165) is 23.1 Å². The first-order valence-corrected chi connectivity index (χ1v) is 17.8. The molecule has 0 aliphatic carbocycles. The van der Waals surface area contributed by atoms with E-state index in [4.69, 9.17) is 28.4 Å². The summed E-state index contributed by atoms with van der Waals surface area (Å²) in [5.74, 6) is 0.550. The molecule has 2 fully saturated rings. The van der Waals surface area contributed by atoms with Crippen molar-refractivity contribution in [1.82, 2.24) is 4.90 Å². The van der Waals surface area contributed by atoms with Gasteiger partial charge in [0.2, 0.25) is 0 Å². The van der Waals surface area contributed by atoms with Crippen LogP contribution in [0.4, 0.5) is 4.79 Å². The highest BCUT2D eigenvalue weighted by molar-refractivity contribution is 5.78. The highest BCUT2D eigenvalue weighted by Gasteiger charge is 2.51. The molecule has 0 aromatic heterocycles. The highest BCUT2D eigenvalue weighted by Crippen LogP contribution is 2.47. The third kappa shape index (κ3) is 9.20. The van der Waals surface area contributed by atoms with E-state index in [1.54, 1.807) is 31.3 Å². The first kappa shape index (κ1) is 40.4. The SMILES string of the molecule is C=CC1O[C@@H](CC)C(C)(C)[C@H]([C@@H](C)/C(C)=C(\C)[C@H](C)OC(=O)[C@@H]2CC(c3ccc(OC)cc3OC)N(C(=O)OC(C)(C)C)C2CC(C)C)O1. The Morgan fingerprint density at radius 1 is 1.06 bits per heavy atom. The van der Waals surface area contributed by atoms with Crippen LogP contribution in [-0.4, -0.2) is 67.4 Å². The summed E-state index contributed by atoms with van der Waals surface area (Å²) in [6.45, 7) is 28.3. The molecule has 0 N–H and O–H groups in total. The summed E-state index contributed by atoms with van der Waals surface area (Å²) in [4.78, 5) is 30.0. The van der Waals surface area contributed by atoms with Gasteiger partial charge in [0.1, 0.15) is 23.2 Å². The lowest BCUT2D eigenvalue weighted by Gasteiger charge is -2.49. The number of nitrogens with zero attached hydrogens (tertiary/aromatic N) is 1. The van der Waals surface area contributed by atoms with E-state index < -0.39 is 42.1 Å². The maximum atomic E-state index is 14.3. The number of rotatable bonds is 12. The number of esters is 1. The van der Waals surface area contributed by atoms with E-state index in [1.807, 2.05) is 46.8 Å². The molecule has 3 unspecified atom stereocenters. The Labute approximate surface area is 295 Å². The van der Waals surface area contributed by atoms with Crippen LogP contribution in [0.15, 0.2) is 42.0 Å². The van der Waals surface area contributed by atoms with Crippen LogP contribution in [0, 0.1) is 23.2 Å². The zero-order chi connectivity index (χ0) is 37.0. The van der Waals surface area contributed by atoms with Crippen molar-refractivity contribution in [1.29, 1.82) is 0 Å². The zero-order valence-corrected chi connectivity index (χ0v) is 32.5. The second-order valence-electron chi connectivity index (χ2n) is 15.8. The molecule has 1 amide bonds. The summed E-state index contributed by atoms with van der Waals surface area (Å²) in [7, 11) is 3.19. The van der Waals surface area contributed by atoms with Crippen molar-refractivity contribution in [2.24, 2.45) is 23.2 Å². The Hall–Kier alpha value is -3.04. The van der Waals surface area contributed by atoms with Gasteiger partial charge >= 0.3 is 12.1 Å². The Morgan fingerprint density at radius 2 is 1.71 bits per heavy atom. The number of carbonyl (C=O) groups is 2. The van der Waals surface area contributed by atoms with Gasteiger partial charge in [-0.3, -0.25) is 9.69 Å². The summed E-state index contributed by atoms with van der Waals surface area (Å²) in [5.41, 5.74) is 1.91. The molecule has 1 aromatic carbocycles. The topological polar surface area (TPSA) is 92.8 Å². The fourth-order valence-electron chi connectivity index (χ4n) is 7.52. The van der Waals surface area contributed by atoms with Crippen LogP contribution >= 0.6 is 0 Å². The first-order chi connectivity index (χ1) is 22.8. The molecule has 9 nitrogen and oxygen atoms in total. The molecule has 2 aliphatic heterocycles. The van der Waals surface area contributed by atoms with E-state index in [0.29, 0.717) is 24.3 Å². The minimum absolute atomic E-state index is 0.0190. The van der Waals surface area contributed by atoms with Gasteiger partial charge in [-0.05, 0) is 90.5 Å². The van der Waals surface area contributed by atoms with E-state index >= 15 is 0 Å².